The van der Waals surface area contributed by atoms with Crippen molar-refractivity contribution in [2.45, 2.75) is 6.54 Å². The minimum absolute atomic E-state index is 0.187. The molecule has 3 aromatic rings. The molecule has 19 heavy (non-hydrogen) atoms. The van der Waals surface area contributed by atoms with Crippen molar-refractivity contribution in [1.29, 1.82) is 0 Å². The molecule has 96 valence electrons. The first-order chi connectivity index (χ1) is 9.19. The Morgan fingerprint density at radius 1 is 1.05 bits per heavy atom. The number of para-hydroxylation sites is 1. The number of hydrogen-bond acceptors (Lipinski definition) is 2. The van der Waals surface area contributed by atoms with Gasteiger partial charge in [0.05, 0.1) is 0 Å². The van der Waals surface area contributed by atoms with Crippen molar-refractivity contribution in [3.63, 3.8) is 0 Å². The van der Waals surface area contributed by atoms with Gasteiger partial charge in [-0.1, -0.05) is 12.1 Å². The van der Waals surface area contributed by atoms with Crippen molar-refractivity contribution in [2.24, 2.45) is 5.73 Å². The molecular formula is C15H11F2NO. The van der Waals surface area contributed by atoms with E-state index >= 15 is 0 Å². The third-order valence-corrected chi connectivity index (χ3v) is 3.05. The lowest BCUT2D eigenvalue weighted by Gasteiger charge is -2.04. The summed E-state index contributed by atoms with van der Waals surface area (Å²) in [6.45, 7) is 0.187. The summed E-state index contributed by atoms with van der Waals surface area (Å²) >= 11 is 0. The molecule has 0 unspecified atom stereocenters. The minimum Gasteiger partial charge on any atom is -0.453 e. The summed E-state index contributed by atoms with van der Waals surface area (Å²) in [5.41, 5.74) is 7.10. The summed E-state index contributed by atoms with van der Waals surface area (Å²) in [4.78, 5) is 0. The van der Waals surface area contributed by atoms with Gasteiger partial charge in [-0.2, -0.15) is 0 Å². The summed E-state index contributed by atoms with van der Waals surface area (Å²) in [7, 11) is 0. The van der Waals surface area contributed by atoms with Gasteiger partial charge >= 0.3 is 0 Å². The molecule has 0 aliphatic rings. The molecule has 3 rings (SSSR count). The molecule has 0 radical (unpaired) electrons. The van der Waals surface area contributed by atoms with Crippen LogP contribution in [-0.2, 0) is 6.54 Å². The molecule has 0 aliphatic heterocycles. The fourth-order valence-electron chi connectivity index (χ4n) is 2.13. The Balaban J connectivity index is 2.22. The van der Waals surface area contributed by atoms with Crippen molar-refractivity contribution in [3.8, 4) is 11.3 Å². The van der Waals surface area contributed by atoms with Crippen molar-refractivity contribution in [3.05, 3.63) is 59.7 Å². The van der Waals surface area contributed by atoms with Crippen LogP contribution < -0.4 is 5.73 Å². The van der Waals surface area contributed by atoms with Gasteiger partial charge in [-0.3, -0.25) is 0 Å². The Bertz CT molecular complexity index is 749. The van der Waals surface area contributed by atoms with Crippen LogP contribution in [0.3, 0.4) is 0 Å². The van der Waals surface area contributed by atoms with Gasteiger partial charge in [0.25, 0.3) is 0 Å². The molecule has 0 aliphatic carbocycles. The van der Waals surface area contributed by atoms with Crippen LogP contribution in [0.2, 0.25) is 0 Å². The number of benzene rings is 2. The number of hydrogen-bond donors (Lipinski definition) is 1. The molecule has 2 aromatic carbocycles. The highest BCUT2D eigenvalue weighted by atomic mass is 19.1. The number of rotatable bonds is 2. The van der Waals surface area contributed by atoms with E-state index in [2.05, 4.69) is 0 Å². The molecule has 0 fully saturated rings. The van der Waals surface area contributed by atoms with Gasteiger partial charge < -0.3 is 10.2 Å². The van der Waals surface area contributed by atoms with E-state index in [0.717, 1.165) is 0 Å². The van der Waals surface area contributed by atoms with E-state index in [4.69, 9.17) is 10.2 Å². The summed E-state index contributed by atoms with van der Waals surface area (Å²) in [6.07, 6.45) is 0. The van der Waals surface area contributed by atoms with E-state index in [1.54, 1.807) is 24.3 Å². The normalized spacial score (nSPS) is 11.1. The van der Waals surface area contributed by atoms with Crippen molar-refractivity contribution in [1.82, 2.24) is 0 Å². The fourth-order valence-corrected chi connectivity index (χ4v) is 2.13. The molecule has 2 N–H and O–H groups in total. The van der Waals surface area contributed by atoms with E-state index in [1.165, 1.54) is 18.2 Å². The zero-order chi connectivity index (χ0) is 13.4. The summed E-state index contributed by atoms with van der Waals surface area (Å²) in [5, 5.41) is 0.669. The maximum Gasteiger partial charge on any atom is 0.170 e. The summed E-state index contributed by atoms with van der Waals surface area (Å²) < 4.78 is 32.3. The van der Waals surface area contributed by atoms with Gasteiger partial charge in [-0.25, -0.2) is 8.78 Å². The van der Waals surface area contributed by atoms with Crippen LogP contribution in [0.1, 0.15) is 5.56 Å². The fraction of sp³-hybridized carbons (Fsp3) is 0.0667. The smallest absolute Gasteiger partial charge is 0.170 e. The quantitative estimate of drug-likeness (QED) is 0.759. The predicted octanol–water partition coefficient (Wildman–Crippen LogP) is 3.84. The third kappa shape index (κ3) is 2.00. The van der Waals surface area contributed by atoms with Crippen molar-refractivity contribution in [2.75, 3.05) is 0 Å². The second-order valence-electron chi connectivity index (χ2n) is 4.27. The van der Waals surface area contributed by atoms with Crippen LogP contribution in [0.25, 0.3) is 22.3 Å². The van der Waals surface area contributed by atoms with E-state index < -0.39 is 5.82 Å². The van der Waals surface area contributed by atoms with E-state index in [1.807, 2.05) is 0 Å². The highest BCUT2D eigenvalue weighted by Gasteiger charge is 2.12. The topological polar surface area (TPSA) is 39.2 Å². The van der Waals surface area contributed by atoms with Gasteiger partial charge in [0.1, 0.15) is 11.6 Å². The molecule has 0 saturated heterocycles. The number of fused-ring (bicyclic) bond motifs is 1. The van der Waals surface area contributed by atoms with Crippen LogP contribution in [-0.4, -0.2) is 0 Å². The SMILES string of the molecule is NCc1cc(F)ccc1-c1cc2cccc(F)c2o1. The van der Waals surface area contributed by atoms with Gasteiger partial charge in [0.15, 0.2) is 11.4 Å². The largest absolute Gasteiger partial charge is 0.453 e. The zero-order valence-corrected chi connectivity index (χ0v) is 9.99. The molecule has 0 saturated carbocycles. The molecule has 0 spiro atoms. The highest BCUT2D eigenvalue weighted by Crippen LogP contribution is 2.31. The molecular weight excluding hydrogens is 248 g/mol. The predicted molar refractivity (Wildman–Crippen MR) is 69.5 cm³/mol. The lowest BCUT2D eigenvalue weighted by Crippen LogP contribution is -1.99. The first-order valence-corrected chi connectivity index (χ1v) is 5.86. The Morgan fingerprint density at radius 3 is 2.63 bits per heavy atom. The second-order valence-corrected chi connectivity index (χ2v) is 4.27. The maximum atomic E-state index is 13.6. The first kappa shape index (κ1) is 11.9. The molecule has 4 heteroatoms. The van der Waals surface area contributed by atoms with E-state index in [0.29, 0.717) is 22.3 Å². The van der Waals surface area contributed by atoms with Crippen LogP contribution in [0, 0.1) is 11.6 Å². The first-order valence-electron chi connectivity index (χ1n) is 5.86. The van der Waals surface area contributed by atoms with Gasteiger partial charge in [0.2, 0.25) is 0 Å². The zero-order valence-electron chi connectivity index (χ0n) is 9.99. The molecule has 0 amide bonds. The number of halogens is 2. The van der Waals surface area contributed by atoms with Crippen molar-refractivity contribution < 1.29 is 13.2 Å². The van der Waals surface area contributed by atoms with Crippen LogP contribution in [0.15, 0.2) is 46.9 Å². The lowest BCUT2D eigenvalue weighted by molar-refractivity contribution is 0.568. The molecule has 1 aromatic heterocycles. The molecule has 0 bridgehead atoms. The van der Waals surface area contributed by atoms with Crippen LogP contribution >= 0.6 is 0 Å². The van der Waals surface area contributed by atoms with Crippen LogP contribution in [0.5, 0.6) is 0 Å². The van der Waals surface area contributed by atoms with E-state index in [-0.39, 0.29) is 17.9 Å². The second kappa shape index (κ2) is 4.48. The Morgan fingerprint density at radius 2 is 1.89 bits per heavy atom. The van der Waals surface area contributed by atoms with Gasteiger partial charge in [-0.15, -0.1) is 0 Å². The van der Waals surface area contributed by atoms with Gasteiger partial charge in [-0.05, 0) is 35.9 Å². The molecule has 2 nitrogen and oxygen atoms in total. The lowest BCUT2D eigenvalue weighted by atomic mass is 10.0. The monoisotopic (exact) mass is 259 g/mol. The Kier molecular flexibility index (Phi) is 2.80. The standard InChI is InChI=1S/C15H11F2NO/c16-11-4-5-12(10(6-11)8-18)14-7-9-2-1-3-13(17)15(9)19-14/h1-7H,8,18H2. The number of furan rings is 1. The molecule has 0 atom stereocenters. The summed E-state index contributed by atoms with van der Waals surface area (Å²) in [6, 6.07) is 10.7. The van der Waals surface area contributed by atoms with E-state index in [9.17, 15) is 8.78 Å². The molecule has 1 heterocycles. The average Bonchev–Trinajstić information content (AvgIpc) is 2.83. The Labute approximate surface area is 108 Å². The number of nitrogens with two attached hydrogens (primary N) is 1. The maximum absolute atomic E-state index is 13.6. The summed E-state index contributed by atoms with van der Waals surface area (Å²) in [5.74, 6) is -0.285. The highest BCUT2D eigenvalue weighted by molar-refractivity contribution is 5.83. The van der Waals surface area contributed by atoms with Gasteiger partial charge in [0, 0.05) is 17.5 Å². The van der Waals surface area contributed by atoms with Crippen molar-refractivity contribution >= 4 is 11.0 Å². The average molecular weight is 259 g/mol. The minimum atomic E-state index is -0.417. The Hall–Kier alpha value is -2.20. The third-order valence-electron chi connectivity index (χ3n) is 3.05. The van der Waals surface area contributed by atoms with Crippen LogP contribution in [0.4, 0.5) is 8.78 Å².